The molecule has 0 spiro atoms. The number of ether oxygens (including phenoxy) is 1. The smallest absolute Gasteiger partial charge is 0.224 e. The van der Waals surface area contributed by atoms with Crippen LogP contribution < -0.4 is 10.1 Å². The summed E-state index contributed by atoms with van der Waals surface area (Å²) in [4.78, 5) is 12.0. The fraction of sp³-hybridized carbons (Fsp3) is 0.562. The van der Waals surface area contributed by atoms with E-state index in [1.165, 1.54) is 0 Å². The lowest BCUT2D eigenvalue weighted by atomic mass is 9.80. The van der Waals surface area contributed by atoms with Crippen molar-refractivity contribution in [3.05, 3.63) is 24.3 Å². The number of anilines is 1. The molecule has 0 radical (unpaired) electrons. The maximum absolute atomic E-state index is 12.0. The predicted molar refractivity (Wildman–Crippen MR) is 80.9 cm³/mol. The van der Waals surface area contributed by atoms with Crippen LogP contribution in [0.5, 0.6) is 5.75 Å². The van der Waals surface area contributed by atoms with Crippen molar-refractivity contribution < 1.29 is 14.6 Å². The van der Waals surface area contributed by atoms with E-state index in [1.807, 2.05) is 0 Å². The summed E-state index contributed by atoms with van der Waals surface area (Å²) in [6, 6.07) is 7.15. The topological polar surface area (TPSA) is 58.6 Å². The highest BCUT2D eigenvalue weighted by atomic mass is 16.5. The van der Waals surface area contributed by atoms with Gasteiger partial charge in [-0.25, -0.2) is 0 Å². The van der Waals surface area contributed by atoms with Gasteiger partial charge in [-0.15, -0.1) is 0 Å². The van der Waals surface area contributed by atoms with Gasteiger partial charge in [0.25, 0.3) is 0 Å². The molecule has 20 heavy (non-hydrogen) atoms. The van der Waals surface area contributed by atoms with Crippen LogP contribution in [0.15, 0.2) is 24.3 Å². The summed E-state index contributed by atoms with van der Waals surface area (Å²) in [5.41, 5.74) is 0.881. The van der Waals surface area contributed by atoms with Crippen LogP contribution >= 0.6 is 0 Å². The molecule has 4 nitrogen and oxygen atoms in total. The molecule has 0 heterocycles. The molecule has 0 aliphatic carbocycles. The second-order valence-electron chi connectivity index (χ2n) is 6.12. The van der Waals surface area contributed by atoms with Crippen molar-refractivity contribution in [1.82, 2.24) is 0 Å². The van der Waals surface area contributed by atoms with Crippen LogP contribution in [0.3, 0.4) is 0 Å². The number of aliphatic hydroxyl groups is 1. The van der Waals surface area contributed by atoms with E-state index in [1.54, 1.807) is 24.3 Å². The molecule has 112 valence electrons. The van der Waals surface area contributed by atoms with E-state index >= 15 is 0 Å². The Kier molecular flexibility index (Phi) is 6.02. The number of carbonyl (C=O) groups is 1. The van der Waals surface area contributed by atoms with E-state index in [0.29, 0.717) is 18.1 Å². The average Bonchev–Trinajstić information content (AvgIpc) is 2.36. The van der Waals surface area contributed by atoms with Gasteiger partial charge < -0.3 is 15.2 Å². The van der Waals surface area contributed by atoms with Crippen molar-refractivity contribution >= 4 is 11.6 Å². The highest BCUT2D eigenvalue weighted by Gasteiger charge is 2.22. The SMILES string of the molecule is CC(CC(=O)Nc1ccc(OCCO)cc1)C(C)(C)C. The first kappa shape index (κ1) is 16.5. The van der Waals surface area contributed by atoms with E-state index in [0.717, 1.165) is 5.69 Å². The normalized spacial score (nSPS) is 12.8. The van der Waals surface area contributed by atoms with Crippen LogP contribution in [-0.4, -0.2) is 24.2 Å². The first-order chi connectivity index (χ1) is 9.32. The average molecular weight is 279 g/mol. The van der Waals surface area contributed by atoms with Gasteiger partial charge in [0, 0.05) is 12.1 Å². The zero-order valence-electron chi connectivity index (χ0n) is 12.8. The Morgan fingerprint density at radius 3 is 2.40 bits per heavy atom. The van der Waals surface area contributed by atoms with Crippen LogP contribution in [0.25, 0.3) is 0 Å². The molecular weight excluding hydrogens is 254 g/mol. The first-order valence-corrected chi connectivity index (χ1v) is 6.96. The lowest BCUT2D eigenvalue weighted by molar-refractivity contribution is -0.117. The fourth-order valence-corrected chi connectivity index (χ4v) is 1.59. The quantitative estimate of drug-likeness (QED) is 0.841. The zero-order chi connectivity index (χ0) is 15.2. The van der Waals surface area contributed by atoms with Gasteiger partial charge in [-0.2, -0.15) is 0 Å². The number of nitrogens with one attached hydrogen (secondary N) is 1. The largest absolute Gasteiger partial charge is 0.491 e. The molecule has 0 aliphatic rings. The standard InChI is InChI=1S/C16H25NO3/c1-12(16(2,3)4)11-15(19)17-13-5-7-14(8-6-13)20-10-9-18/h5-8,12,18H,9-11H2,1-4H3,(H,17,19). The van der Waals surface area contributed by atoms with E-state index in [9.17, 15) is 4.79 Å². The van der Waals surface area contributed by atoms with Crippen LogP contribution in [0.4, 0.5) is 5.69 Å². The predicted octanol–water partition coefficient (Wildman–Crippen LogP) is 3.07. The van der Waals surface area contributed by atoms with Crippen LogP contribution in [-0.2, 0) is 4.79 Å². The van der Waals surface area contributed by atoms with Crippen molar-refractivity contribution in [3.63, 3.8) is 0 Å². The zero-order valence-corrected chi connectivity index (χ0v) is 12.8. The third-order valence-electron chi connectivity index (χ3n) is 3.47. The van der Waals surface area contributed by atoms with Gasteiger partial charge in [0.1, 0.15) is 12.4 Å². The van der Waals surface area contributed by atoms with Gasteiger partial charge in [0.05, 0.1) is 6.61 Å². The molecule has 1 rings (SSSR count). The molecule has 0 saturated heterocycles. The molecule has 1 aromatic rings. The summed E-state index contributed by atoms with van der Waals surface area (Å²) in [5.74, 6) is 1.02. The maximum atomic E-state index is 12.0. The molecule has 4 heteroatoms. The number of hydrogen-bond donors (Lipinski definition) is 2. The summed E-state index contributed by atoms with van der Waals surface area (Å²) in [7, 11) is 0. The molecule has 1 aromatic carbocycles. The van der Waals surface area contributed by atoms with E-state index in [-0.39, 0.29) is 24.5 Å². The monoisotopic (exact) mass is 279 g/mol. The molecule has 0 aromatic heterocycles. The lowest BCUT2D eigenvalue weighted by Gasteiger charge is -2.26. The van der Waals surface area contributed by atoms with Gasteiger partial charge in [-0.3, -0.25) is 4.79 Å². The number of benzene rings is 1. The van der Waals surface area contributed by atoms with Gasteiger partial charge >= 0.3 is 0 Å². The lowest BCUT2D eigenvalue weighted by Crippen LogP contribution is -2.23. The van der Waals surface area contributed by atoms with E-state index in [4.69, 9.17) is 9.84 Å². The molecule has 0 bridgehead atoms. The molecule has 2 N–H and O–H groups in total. The summed E-state index contributed by atoms with van der Waals surface area (Å²) < 4.78 is 5.26. The number of aliphatic hydroxyl groups excluding tert-OH is 1. The fourth-order valence-electron chi connectivity index (χ4n) is 1.59. The Balaban J connectivity index is 2.50. The minimum absolute atomic E-state index is 0.0107. The summed E-state index contributed by atoms with van der Waals surface area (Å²) in [6.45, 7) is 8.76. The molecule has 0 fully saturated rings. The second kappa shape index (κ2) is 7.29. The third kappa shape index (κ3) is 5.61. The van der Waals surface area contributed by atoms with Crippen molar-refractivity contribution in [2.24, 2.45) is 11.3 Å². The Hall–Kier alpha value is -1.55. The maximum Gasteiger partial charge on any atom is 0.224 e. The van der Waals surface area contributed by atoms with Crippen LogP contribution in [0, 0.1) is 11.3 Å². The summed E-state index contributed by atoms with van der Waals surface area (Å²) >= 11 is 0. The van der Waals surface area contributed by atoms with Crippen molar-refractivity contribution in [3.8, 4) is 5.75 Å². The van der Waals surface area contributed by atoms with Gasteiger partial charge in [-0.05, 0) is 35.6 Å². The highest BCUT2D eigenvalue weighted by molar-refractivity contribution is 5.90. The number of amides is 1. The van der Waals surface area contributed by atoms with Gasteiger partial charge in [0.15, 0.2) is 0 Å². The van der Waals surface area contributed by atoms with E-state index in [2.05, 4.69) is 33.0 Å². The highest BCUT2D eigenvalue weighted by Crippen LogP contribution is 2.28. The second-order valence-corrected chi connectivity index (χ2v) is 6.12. The Morgan fingerprint density at radius 2 is 1.90 bits per heavy atom. The van der Waals surface area contributed by atoms with E-state index < -0.39 is 0 Å². The molecule has 0 saturated carbocycles. The summed E-state index contributed by atoms with van der Waals surface area (Å²) in [5, 5.41) is 11.6. The van der Waals surface area contributed by atoms with Crippen LogP contribution in [0.2, 0.25) is 0 Å². The minimum Gasteiger partial charge on any atom is -0.491 e. The Bertz CT molecular complexity index is 420. The van der Waals surface area contributed by atoms with Crippen molar-refractivity contribution in [2.75, 3.05) is 18.5 Å². The Labute approximate surface area is 121 Å². The third-order valence-corrected chi connectivity index (χ3v) is 3.47. The van der Waals surface area contributed by atoms with Crippen LogP contribution in [0.1, 0.15) is 34.1 Å². The van der Waals surface area contributed by atoms with Crippen molar-refractivity contribution in [2.45, 2.75) is 34.1 Å². The molecule has 1 unspecified atom stereocenters. The summed E-state index contributed by atoms with van der Waals surface area (Å²) in [6.07, 6.45) is 0.506. The van der Waals surface area contributed by atoms with Crippen molar-refractivity contribution in [1.29, 1.82) is 0 Å². The molecule has 1 atom stereocenters. The number of carbonyl (C=O) groups excluding carboxylic acids is 1. The minimum atomic E-state index is -0.0107. The first-order valence-electron chi connectivity index (χ1n) is 6.96. The number of rotatable bonds is 6. The van der Waals surface area contributed by atoms with Gasteiger partial charge in [0.2, 0.25) is 5.91 Å². The molecule has 1 amide bonds. The van der Waals surface area contributed by atoms with Gasteiger partial charge in [-0.1, -0.05) is 27.7 Å². The Morgan fingerprint density at radius 1 is 1.30 bits per heavy atom. The molecular formula is C16H25NO3. The molecule has 0 aliphatic heterocycles. The number of hydrogen-bond acceptors (Lipinski definition) is 3.